The number of nitrogens with one attached hydrogen (secondary N) is 2. The SMILES string of the molecule is C=CC(=O)Nc1cccc(-n2ncc3cnc(Nc4ccc(N5CCOCC5)cc4)nc32)c1. The molecule has 166 valence electrons. The first-order valence-electron chi connectivity index (χ1n) is 10.6. The van der Waals surface area contributed by atoms with Gasteiger partial charge in [0.2, 0.25) is 11.9 Å². The summed E-state index contributed by atoms with van der Waals surface area (Å²) in [6.07, 6.45) is 4.68. The van der Waals surface area contributed by atoms with Gasteiger partial charge in [0, 0.05) is 36.3 Å². The zero-order valence-corrected chi connectivity index (χ0v) is 17.9. The summed E-state index contributed by atoms with van der Waals surface area (Å²) in [7, 11) is 0. The molecular formula is C24H23N7O2. The van der Waals surface area contributed by atoms with Crippen LogP contribution in [0.2, 0.25) is 0 Å². The second kappa shape index (κ2) is 9.09. The number of rotatable bonds is 6. The summed E-state index contributed by atoms with van der Waals surface area (Å²) in [5.41, 5.74) is 4.14. The molecule has 0 atom stereocenters. The van der Waals surface area contributed by atoms with E-state index in [4.69, 9.17) is 4.74 Å². The second-order valence-corrected chi connectivity index (χ2v) is 7.54. The number of hydrogen-bond donors (Lipinski definition) is 2. The highest BCUT2D eigenvalue weighted by atomic mass is 16.5. The van der Waals surface area contributed by atoms with Crippen LogP contribution in [-0.4, -0.2) is 52.0 Å². The number of nitrogens with zero attached hydrogens (tertiary/aromatic N) is 5. The quantitative estimate of drug-likeness (QED) is 0.442. The van der Waals surface area contributed by atoms with Crippen LogP contribution in [0.1, 0.15) is 0 Å². The largest absolute Gasteiger partial charge is 0.378 e. The fourth-order valence-corrected chi connectivity index (χ4v) is 3.68. The number of fused-ring (bicyclic) bond motifs is 1. The molecule has 0 unspecified atom stereocenters. The molecule has 1 aliphatic heterocycles. The van der Waals surface area contributed by atoms with Crippen LogP contribution < -0.4 is 15.5 Å². The van der Waals surface area contributed by atoms with Crippen molar-refractivity contribution in [1.82, 2.24) is 19.7 Å². The van der Waals surface area contributed by atoms with E-state index >= 15 is 0 Å². The van der Waals surface area contributed by atoms with E-state index in [2.05, 4.69) is 49.3 Å². The molecule has 0 bridgehead atoms. The molecule has 2 aromatic heterocycles. The Morgan fingerprint density at radius 3 is 2.64 bits per heavy atom. The molecule has 2 aromatic carbocycles. The summed E-state index contributed by atoms with van der Waals surface area (Å²) in [6, 6.07) is 15.6. The van der Waals surface area contributed by atoms with Gasteiger partial charge < -0.3 is 20.3 Å². The predicted octanol–water partition coefficient (Wildman–Crippen LogP) is 3.52. The Labute approximate surface area is 190 Å². The minimum Gasteiger partial charge on any atom is -0.378 e. The Morgan fingerprint density at radius 2 is 1.85 bits per heavy atom. The number of benzene rings is 2. The van der Waals surface area contributed by atoms with Gasteiger partial charge >= 0.3 is 0 Å². The summed E-state index contributed by atoms with van der Waals surface area (Å²) in [5.74, 6) is 0.199. The van der Waals surface area contributed by atoms with Gasteiger partial charge in [0.15, 0.2) is 5.65 Å². The van der Waals surface area contributed by atoms with Crippen molar-refractivity contribution in [1.29, 1.82) is 0 Å². The van der Waals surface area contributed by atoms with Crippen LogP contribution in [0, 0.1) is 0 Å². The monoisotopic (exact) mass is 441 g/mol. The van der Waals surface area contributed by atoms with Gasteiger partial charge in [0.05, 0.1) is 30.5 Å². The molecule has 1 amide bonds. The maximum atomic E-state index is 11.6. The Bertz CT molecular complexity index is 1290. The van der Waals surface area contributed by atoms with Crippen LogP contribution >= 0.6 is 0 Å². The van der Waals surface area contributed by atoms with E-state index in [9.17, 15) is 4.79 Å². The van der Waals surface area contributed by atoms with Gasteiger partial charge in [0.25, 0.3) is 0 Å². The smallest absolute Gasteiger partial charge is 0.247 e. The molecule has 4 aromatic rings. The number of aromatic nitrogens is 4. The zero-order valence-electron chi connectivity index (χ0n) is 17.9. The molecule has 1 aliphatic rings. The van der Waals surface area contributed by atoms with Crippen molar-refractivity contribution < 1.29 is 9.53 Å². The summed E-state index contributed by atoms with van der Waals surface area (Å²) in [4.78, 5) is 23.0. The van der Waals surface area contributed by atoms with Crippen molar-refractivity contribution >= 4 is 40.0 Å². The highest BCUT2D eigenvalue weighted by Gasteiger charge is 2.12. The first-order chi connectivity index (χ1) is 16.2. The maximum absolute atomic E-state index is 11.6. The Kier molecular flexibility index (Phi) is 5.69. The lowest BCUT2D eigenvalue weighted by Gasteiger charge is -2.28. The Balaban J connectivity index is 1.38. The minimum absolute atomic E-state index is 0.272. The number of hydrogen-bond acceptors (Lipinski definition) is 7. The number of carbonyl (C=O) groups excluding carboxylic acids is 1. The molecular weight excluding hydrogens is 418 g/mol. The lowest BCUT2D eigenvalue weighted by atomic mass is 10.2. The molecule has 0 aliphatic carbocycles. The van der Waals surface area contributed by atoms with Crippen molar-refractivity contribution in [2.45, 2.75) is 0 Å². The zero-order chi connectivity index (χ0) is 22.6. The Hall–Kier alpha value is -4.24. The van der Waals surface area contributed by atoms with E-state index in [1.165, 1.54) is 11.8 Å². The van der Waals surface area contributed by atoms with Crippen LogP contribution in [0.3, 0.4) is 0 Å². The van der Waals surface area contributed by atoms with Crippen molar-refractivity contribution in [3.8, 4) is 5.69 Å². The third-order valence-electron chi connectivity index (χ3n) is 5.35. The molecule has 1 fully saturated rings. The van der Waals surface area contributed by atoms with Gasteiger partial charge in [-0.25, -0.2) is 9.67 Å². The van der Waals surface area contributed by atoms with Crippen molar-refractivity contribution in [3.63, 3.8) is 0 Å². The van der Waals surface area contributed by atoms with Gasteiger partial charge in [-0.05, 0) is 48.5 Å². The van der Waals surface area contributed by atoms with Crippen molar-refractivity contribution in [2.24, 2.45) is 0 Å². The predicted molar refractivity (Wildman–Crippen MR) is 128 cm³/mol. The molecule has 33 heavy (non-hydrogen) atoms. The molecule has 9 nitrogen and oxygen atoms in total. The number of ether oxygens (including phenoxy) is 1. The highest BCUT2D eigenvalue weighted by Crippen LogP contribution is 2.23. The number of carbonyl (C=O) groups is 1. The third kappa shape index (κ3) is 4.53. The number of morpholine rings is 1. The van der Waals surface area contributed by atoms with Crippen LogP contribution in [-0.2, 0) is 9.53 Å². The molecule has 0 spiro atoms. The molecule has 0 saturated carbocycles. The average molecular weight is 441 g/mol. The summed E-state index contributed by atoms with van der Waals surface area (Å²) < 4.78 is 7.14. The molecule has 1 saturated heterocycles. The molecule has 2 N–H and O–H groups in total. The van der Waals surface area contributed by atoms with E-state index in [0.717, 1.165) is 43.1 Å². The topological polar surface area (TPSA) is 97.2 Å². The van der Waals surface area contributed by atoms with E-state index in [1.807, 2.05) is 30.3 Å². The van der Waals surface area contributed by atoms with E-state index in [0.29, 0.717) is 17.3 Å². The van der Waals surface area contributed by atoms with Gasteiger partial charge in [-0.3, -0.25) is 4.79 Å². The first kappa shape index (κ1) is 20.7. The number of amides is 1. The summed E-state index contributed by atoms with van der Waals surface area (Å²) in [5, 5.41) is 11.3. The maximum Gasteiger partial charge on any atom is 0.247 e. The molecule has 9 heteroatoms. The van der Waals surface area contributed by atoms with Gasteiger partial charge in [-0.15, -0.1) is 0 Å². The van der Waals surface area contributed by atoms with E-state index in [-0.39, 0.29) is 5.91 Å². The molecule has 3 heterocycles. The lowest BCUT2D eigenvalue weighted by Crippen LogP contribution is -2.36. The van der Waals surface area contributed by atoms with Crippen LogP contribution in [0.5, 0.6) is 0 Å². The van der Waals surface area contributed by atoms with Crippen molar-refractivity contribution in [3.05, 3.63) is 73.6 Å². The molecule has 5 rings (SSSR count). The second-order valence-electron chi connectivity index (χ2n) is 7.54. The normalized spacial score (nSPS) is 13.6. The highest BCUT2D eigenvalue weighted by molar-refractivity contribution is 5.99. The standard InChI is InChI=1S/C24H23N7O2/c1-2-22(32)27-19-4-3-5-21(14-19)31-23-17(16-26-31)15-25-24(29-23)28-18-6-8-20(9-7-18)30-10-12-33-13-11-30/h2-9,14-16H,1,10-13H2,(H,27,32)(H,25,28,29). The van der Waals surface area contributed by atoms with Crippen LogP contribution in [0.4, 0.5) is 23.0 Å². The van der Waals surface area contributed by atoms with E-state index < -0.39 is 0 Å². The fraction of sp³-hybridized carbons (Fsp3) is 0.167. The summed E-state index contributed by atoms with van der Waals surface area (Å²) >= 11 is 0. The lowest BCUT2D eigenvalue weighted by molar-refractivity contribution is -0.111. The average Bonchev–Trinajstić information content (AvgIpc) is 3.28. The number of anilines is 4. The van der Waals surface area contributed by atoms with Crippen LogP contribution in [0.15, 0.2) is 73.6 Å². The van der Waals surface area contributed by atoms with Gasteiger partial charge in [-0.1, -0.05) is 12.6 Å². The summed E-state index contributed by atoms with van der Waals surface area (Å²) in [6.45, 7) is 6.79. The molecule has 0 radical (unpaired) electrons. The fourth-order valence-electron chi connectivity index (χ4n) is 3.68. The van der Waals surface area contributed by atoms with Gasteiger partial charge in [-0.2, -0.15) is 10.1 Å². The van der Waals surface area contributed by atoms with Crippen LogP contribution in [0.25, 0.3) is 16.7 Å². The Morgan fingerprint density at radius 1 is 1.03 bits per heavy atom. The van der Waals surface area contributed by atoms with Gasteiger partial charge in [0.1, 0.15) is 0 Å². The minimum atomic E-state index is -0.272. The van der Waals surface area contributed by atoms with Crippen molar-refractivity contribution in [2.75, 3.05) is 41.8 Å². The van der Waals surface area contributed by atoms with E-state index in [1.54, 1.807) is 23.1 Å². The first-order valence-corrected chi connectivity index (χ1v) is 10.6. The third-order valence-corrected chi connectivity index (χ3v) is 5.35.